The minimum absolute atomic E-state index is 0.0376. The molecule has 27 heavy (non-hydrogen) atoms. The van der Waals surface area contributed by atoms with Crippen LogP contribution >= 0.6 is 11.6 Å². The second kappa shape index (κ2) is 9.25. The summed E-state index contributed by atoms with van der Waals surface area (Å²) in [5.74, 6) is 0.119. The van der Waals surface area contributed by atoms with Gasteiger partial charge in [0.25, 0.3) is 5.91 Å². The van der Waals surface area contributed by atoms with E-state index in [1.54, 1.807) is 0 Å². The Hall–Kier alpha value is -2.04. The Morgan fingerprint density at radius 1 is 1.19 bits per heavy atom. The Morgan fingerprint density at radius 3 is 2.52 bits per heavy atom. The molecule has 1 saturated heterocycles. The second-order valence-electron chi connectivity index (χ2n) is 7.28. The van der Waals surface area contributed by atoms with Crippen molar-refractivity contribution in [1.29, 1.82) is 0 Å². The van der Waals surface area contributed by atoms with E-state index in [9.17, 15) is 4.79 Å². The van der Waals surface area contributed by atoms with Crippen LogP contribution in [0, 0.1) is 0 Å². The van der Waals surface area contributed by atoms with Crippen molar-refractivity contribution in [3.05, 3.63) is 64.7 Å². The molecule has 1 aliphatic heterocycles. The molecule has 1 heterocycles. The molecule has 2 aromatic rings. The average Bonchev–Trinajstić information content (AvgIpc) is 2.68. The van der Waals surface area contributed by atoms with Crippen LogP contribution in [0.3, 0.4) is 0 Å². The highest BCUT2D eigenvalue weighted by Gasteiger charge is 2.23. The van der Waals surface area contributed by atoms with Gasteiger partial charge in [-0.15, -0.1) is 0 Å². The number of carbonyl (C=O) groups excluding carboxylic acids is 1. The lowest BCUT2D eigenvalue weighted by Gasteiger charge is -2.33. The van der Waals surface area contributed by atoms with Crippen molar-refractivity contribution in [2.24, 2.45) is 0 Å². The summed E-state index contributed by atoms with van der Waals surface area (Å²) < 4.78 is 0. The predicted molar refractivity (Wildman–Crippen MR) is 112 cm³/mol. The molecule has 1 aliphatic rings. The number of anilines is 1. The molecule has 1 fully saturated rings. The van der Waals surface area contributed by atoms with E-state index in [1.807, 2.05) is 25.1 Å². The highest BCUT2D eigenvalue weighted by atomic mass is 35.5. The Morgan fingerprint density at radius 2 is 1.89 bits per heavy atom. The Balaban J connectivity index is 1.46. The predicted octanol–water partition coefficient (Wildman–Crippen LogP) is 2.48. The highest BCUT2D eigenvalue weighted by Crippen LogP contribution is 2.19. The number of amides is 1. The number of nitrogens with one attached hydrogen (secondary N) is 2. The monoisotopic (exact) mass is 386 g/mol. The number of piperazine rings is 1. The van der Waals surface area contributed by atoms with Gasteiger partial charge in [-0.1, -0.05) is 48.9 Å². The highest BCUT2D eigenvalue weighted by molar-refractivity contribution is 6.30. The fourth-order valence-corrected chi connectivity index (χ4v) is 3.76. The van der Waals surface area contributed by atoms with Crippen LogP contribution in [0.25, 0.3) is 0 Å². The molecule has 0 bridgehead atoms. The number of aryl methyl sites for hydroxylation is 1. The van der Waals surface area contributed by atoms with Crippen molar-refractivity contribution < 1.29 is 9.69 Å². The summed E-state index contributed by atoms with van der Waals surface area (Å²) in [5, 5.41) is 3.91. The zero-order chi connectivity index (χ0) is 19.2. The number of rotatable bonds is 6. The van der Waals surface area contributed by atoms with Crippen molar-refractivity contribution in [1.82, 2.24) is 5.32 Å². The van der Waals surface area contributed by atoms with E-state index in [1.165, 1.54) is 10.5 Å². The summed E-state index contributed by atoms with van der Waals surface area (Å²) in [7, 11) is 0. The molecular weight excluding hydrogens is 358 g/mol. The SMILES string of the molecule is CCc1ccc([C@H](C)NC(=O)C[NH+]2CCN(c3cccc(Cl)c3)CC2)cc1. The number of carbonyl (C=O) groups is 1. The first-order valence-electron chi connectivity index (χ1n) is 9.77. The third kappa shape index (κ3) is 5.47. The van der Waals surface area contributed by atoms with Gasteiger partial charge in [0.05, 0.1) is 32.2 Å². The molecule has 1 atom stereocenters. The molecule has 0 radical (unpaired) electrons. The van der Waals surface area contributed by atoms with Crippen molar-refractivity contribution in [3.8, 4) is 0 Å². The van der Waals surface area contributed by atoms with Crippen molar-refractivity contribution >= 4 is 23.2 Å². The lowest BCUT2D eigenvalue weighted by Crippen LogP contribution is -3.15. The summed E-state index contributed by atoms with van der Waals surface area (Å²) in [6.45, 7) is 8.52. The van der Waals surface area contributed by atoms with E-state index in [0.29, 0.717) is 6.54 Å². The number of benzene rings is 2. The zero-order valence-corrected chi connectivity index (χ0v) is 16.9. The number of halogens is 1. The summed E-state index contributed by atoms with van der Waals surface area (Å²) in [4.78, 5) is 16.1. The summed E-state index contributed by atoms with van der Waals surface area (Å²) in [6.07, 6.45) is 1.03. The molecule has 1 amide bonds. The zero-order valence-electron chi connectivity index (χ0n) is 16.2. The largest absolute Gasteiger partial charge is 0.360 e. The Bertz CT molecular complexity index is 754. The average molecular weight is 387 g/mol. The molecule has 3 rings (SSSR count). The van der Waals surface area contributed by atoms with E-state index in [0.717, 1.165) is 48.9 Å². The van der Waals surface area contributed by atoms with Gasteiger partial charge in [-0.3, -0.25) is 4.79 Å². The van der Waals surface area contributed by atoms with E-state index in [4.69, 9.17) is 11.6 Å². The van der Waals surface area contributed by atoms with Crippen LogP contribution in [0.4, 0.5) is 5.69 Å². The minimum atomic E-state index is 0.0376. The molecule has 0 saturated carbocycles. The first-order valence-corrected chi connectivity index (χ1v) is 10.1. The van der Waals surface area contributed by atoms with Crippen LogP contribution in [0.15, 0.2) is 48.5 Å². The second-order valence-corrected chi connectivity index (χ2v) is 7.71. The Kier molecular flexibility index (Phi) is 6.75. The fraction of sp³-hybridized carbons (Fsp3) is 0.409. The number of nitrogens with zero attached hydrogens (tertiary/aromatic N) is 1. The molecule has 5 heteroatoms. The van der Waals surface area contributed by atoms with E-state index in [2.05, 4.69) is 47.5 Å². The van der Waals surface area contributed by atoms with Crippen LogP contribution in [-0.2, 0) is 11.2 Å². The van der Waals surface area contributed by atoms with Crippen molar-refractivity contribution in [2.45, 2.75) is 26.3 Å². The van der Waals surface area contributed by atoms with E-state index in [-0.39, 0.29) is 11.9 Å². The molecule has 0 unspecified atom stereocenters. The topological polar surface area (TPSA) is 36.8 Å². The number of hydrogen-bond donors (Lipinski definition) is 2. The van der Waals surface area contributed by atoms with Gasteiger partial charge in [0.15, 0.2) is 6.54 Å². The van der Waals surface area contributed by atoms with Crippen LogP contribution in [0.5, 0.6) is 0 Å². The maximum Gasteiger partial charge on any atom is 0.275 e. The van der Waals surface area contributed by atoms with Gasteiger partial charge in [0, 0.05) is 10.7 Å². The molecular formula is C22H29ClN3O+. The van der Waals surface area contributed by atoms with Crippen LogP contribution in [0.2, 0.25) is 5.02 Å². The Labute approximate surface area is 167 Å². The standard InChI is InChI=1S/C22H28ClN3O/c1-3-18-7-9-19(10-8-18)17(2)24-22(27)16-25-11-13-26(14-12-25)21-6-4-5-20(23)15-21/h4-10,15,17H,3,11-14,16H2,1-2H3,(H,24,27)/p+1/t17-/m0/s1. The lowest BCUT2D eigenvalue weighted by atomic mass is 10.1. The number of quaternary nitrogens is 1. The van der Waals surface area contributed by atoms with Gasteiger partial charge in [0.2, 0.25) is 0 Å². The van der Waals surface area contributed by atoms with Gasteiger partial charge >= 0.3 is 0 Å². The first kappa shape index (κ1) is 19.7. The quantitative estimate of drug-likeness (QED) is 0.800. The van der Waals surface area contributed by atoms with Crippen LogP contribution < -0.4 is 15.1 Å². The molecule has 144 valence electrons. The normalized spacial score (nSPS) is 16.2. The summed E-state index contributed by atoms with van der Waals surface area (Å²) in [6, 6.07) is 16.5. The van der Waals surface area contributed by atoms with Crippen LogP contribution in [0.1, 0.15) is 31.0 Å². The van der Waals surface area contributed by atoms with Crippen LogP contribution in [-0.4, -0.2) is 38.6 Å². The molecule has 0 spiro atoms. The minimum Gasteiger partial charge on any atom is -0.360 e. The van der Waals surface area contributed by atoms with Gasteiger partial charge in [-0.2, -0.15) is 0 Å². The number of hydrogen-bond acceptors (Lipinski definition) is 2. The molecule has 2 N–H and O–H groups in total. The smallest absolute Gasteiger partial charge is 0.275 e. The lowest BCUT2D eigenvalue weighted by molar-refractivity contribution is -0.892. The third-order valence-electron chi connectivity index (χ3n) is 5.32. The maximum atomic E-state index is 12.5. The summed E-state index contributed by atoms with van der Waals surface area (Å²) in [5.41, 5.74) is 3.63. The fourth-order valence-electron chi connectivity index (χ4n) is 3.58. The van der Waals surface area contributed by atoms with E-state index >= 15 is 0 Å². The molecule has 2 aromatic carbocycles. The van der Waals surface area contributed by atoms with Gasteiger partial charge in [0.1, 0.15) is 0 Å². The molecule has 0 aliphatic carbocycles. The first-order chi connectivity index (χ1) is 13.0. The van der Waals surface area contributed by atoms with Gasteiger partial charge in [-0.25, -0.2) is 0 Å². The van der Waals surface area contributed by atoms with E-state index < -0.39 is 0 Å². The summed E-state index contributed by atoms with van der Waals surface area (Å²) >= 11 is 6.09. The molecule has 0 aromatic heterocycles. The van der Waals surface area contributed by atoms with Crippen molar-refractivity contribution in [3.63, 3.8) is 0 Å². The van der Waals surface area contributed by atoms with Crippen molar-refractivity contribution in [2.75, 3.05) is 37.6 Å². The van der Waals surface area contributed by atoms with Gasteiger partial charge < -0.3 is 15.1 Å². The molecule has 4 nitrogen and oxygen atoms in total. The third-order valence-corrected chi connectivity index (χ3v) is 5.56. The maximum absolute atomic E-state index is 12.5. The van der Waals surface area contributed by atoms with Gasteiger partial charge in [-0.05, 0) is 42.7 Å².